The molecule has 2 aromatic carbocycles. The molecule has 27 heavy (non-hydrogen) atoms. The van der Waals surface area contributed by atoms with Crippen LogP contribution in [0.2, 0.25) is 0 Å². The SMILES string of the molecule is CN(O)C(=O)C1(S(=O)(=O)c2ccccc2Oc2ccccc2)CCNCC1. The third-order valence-electron chi connectivity index (χ3n) is 4.72. The Morgan fingerprint density at radius 2 is 1.67 bits per heavy atom. The normalized spacial score (nSPS) is 16.5. The first-order valence-corrected chi connectivity index (χ1v) is 10.1. The van der Waals surface area contributed by atoms with Crippen LogP contribution in [0.15, 0.2) is 59.5 Å². The van der Waals surface area contributed by atoms with Gasteiger partial charge in [0.05, 0.1) is 0 Å². The predicted molar refractivity (Wildman–Crippen MR) is 99.5 cm³/mol. The van der Waals surface area contributed by atoms with Gasteiger partial charge in [0.1, 0.15) is 16.4 Å². The third kappa shape index (κ3) is 3.55. The minimum atomic E-state index is -4.13. The number of nitrogens with zero attached hydrogens (tertiary/aromatic N) is 1. The van der Waals surface area contributed by atoms with E-state index < -0.39 is 20.5 Å². The van der Waals surface area contributed by atoms with Gasteiger partial charge < -0.3 is 10.1 Å². The number of hydrogen-bond acceptors (Lipinski definition) is 6. The predicted octanol–water partition coefficient (Wildman–Crippen LogP) is 2.22. The quantitative estimate of drug-likeness (QED) is 0.600. The van der Waals surface area contributed by atoms with Gasteiger partial charge in [0.25, 0.3) is 5.91 Å². The average molecular weight is 390 g/mol. The first-order chi connectivity index (χ1) is 12.9. The van der Waals surface area contributed by atoms with Gasteiger partial charge in [0.15, 0.2) is 14.6 Å². The van der Waals surface area contributed by atoms with Crippen LogP contribution >= 0.6 is 0 Å². The van der Waals surface area contributed by atoms with Gasteiger partial charge in [-0.3, -0.25) is 10.0 Å². The number of rotatable bonds is 5. The van der Waals surface area contributed by atoms with Crippen LogP contribution in [0.25, 0.3) is 0 Å². The first kappa shape index (κ1) is 19.3. The van der Waals surface area contributed by atoms with Crippen molar-refractivity contribution >= 4 is 15.7 Å². The Bertz CT molecular complexity index is 907. The molecule has 0 atom stereocenters. The van der Waals surface area contributed by atoms with Crippen LogP contribution in [0.3, 0.4) is 0 Å². The summed E-state index contributed by atoms with van der Waals surface area (Å²) in [4.78, 5) is 12.7. The number of hydrogen-bond donors (Lipinski definition) is 2. The molecule has 3 rings (SSSR count). The maximum absolute atomic E-state index is 13.6. The molecule has 0 saturated carbocycles. The number of carbonyl (C=O) groups excluding carboxylic acids is 1. The van der Waals surface area contributed by atoms with E-state index >= 15 is 0 Å². The third-order valence-corrected chi connectivity index (χ3v) is 7.25. The van der Waals surface area contributed by atoms with E-state index in [0.29, 0.717) is 23.9 Å². The van der Waals surface area contributed by atoms with Crippen LogP contribution in [0, 0.1) is 0 Å². The Balaban J connectivity index is 2.09. The second kappa shape index (κ2) is 7.67. The number of benzene rings is 2. The molecule has 144 valence electrons. The second-order valence-corrected chi connectivity index (χ2v) is 8.67. The van der Waals surface area contributed by atoms with Crippen LogP contribution in [0.5, 0.6) is 11.5 Å². The zero-order valence-corrected chi connectivity index (χ0v) is 15.8. The summed E-state index contributed by atoms with van der Waals surface area (Å²) < 4.78 is 31.3. The fourth-order valence-electron chi connectivity index (χ4n) is 3.31. The Morgan fingerprint density at radius 1 is 1.07 bits per heavy atom. The maximum atomic E-state index is 13.6. The van der Waals surface area contributed by atoms with Crippen LogP contribution < -0.4 is 10.1 Å². The lowest BCUT2D eigenvalue weighted by Crippen LogP contribution is -2.57. The topological polar surface area (TPSA) is 95.9 Å². The van der Waals surface area contributed by atoms with E-state index in [1.165, 1.54) is 6.07 Å². The summed E-state index contributed by atoms with van der Waals surface area (Å²) in [5, 5.41) is 13.1. The average Bonchev–Trinajstić information content (AvgIpc) is 2.69. The van der Waals surface area contributed by atoms with Crippen LogP contribution in [0.4, 0.5) is 0 Å². The lowest BCUT2D eigenvalue weighted by Gasteiger charge is -2.36. The van der Waals surface area contributed by atoms with E-state index in [1.54, 1.807) is 42.5 Å². The van der Waals surface area contributed by atoms with Gasteiger partial charge in [-0.2, -0.15) is 0 Å². The van der Waals surface area contributed by atoms with Gasteiger partial charge in [-0.25, -0.2) is 13.5 Å². The number of ether oxygens (including phenoxy) is 1. The largest absolute Gasteiger partial charge is 0.456 e. The van der Waals surface area contributed by atoms with Gasteiger partial charge >= 0.3 is 0 Å². The number of amides is 1. The first-order valence-electron chi connectivity index (χ1n) is 8.63. The van der Waals surface area contributed by atoms with Crippen molar-refractivity contribution in [2.75, 3.05) is 20.1 Å². The fraction of sp³-hybridized carbons (Fsp3) is 0.316. The molecule has 2 N–H and O–H groups in total. The Labute approximate surface area is 158 Å². The number of nitrogens with one attached hydrogen (secondary N) is 1. The number of carbonyl (C=O) groups is 1. The van der Waals surface area contributed by atoms with E-state index in [9.17, 15) is 18.4 Å². The molecule has 1 heterocycles. The lowest BCUT2D eigenvalue weighted by atomic mass is 9.96. The zero-order chi connectivity index (χ0) is 19.5. The number of sulfone groups is 1. The summed E-state index contributed by atoms with van der Waals surface area (Å²) in [5.41, 5.74) is 0. The number of piperidine rings is 1. The lowest BCUT2D eigenvalue weighted by molar-refractivity contribution is -0.163. The highest BCUT2D eigenvalue weighted by atomic mass is 32.2. The molecule has 0 spiro atoms. The van der Waals surface area contributed by atoms with E-state index in [-0.39, 0.29) is 23.5 Å². The van der Waals surface area contributed by atoms with Crippen molar-refractivity contribution in [2.24, 2.45) is 0 Å². The van der Waals surface area contributed by atoms with Gasteiger partial charge in [-0.15, -0.1) is 0 Å². The molecule has 0 aliphatic carbocycles. The summed E-state index contributed by atoms with van der Waals surface area (Å²) in [6.45, 7) is 0.723. The molecule has 1 saturated heterocycles. The van der Waals surface area contributed by atoms with Crippen molar-refractivity contribution < 1.29 is 23.2 Å². The summed E-state index contributed by atoms with van der Waals surface area (Å²) in [6.07, 6.45) is 0.136. The monoisotopic (exact) mass is 390 g/mol. The van der Waals surface area contributed by atoms with E-state index in [2.05, 4.69) is 5.32 Å². The molecule has 8 heteroatoms. The van der Waals surface area contributed by atoms with Gasteiger partial charge in [-0.1, -0.05) is 30.3 Å². The summed E-state index contributed by atoms with van der Waals surface area (Å²) in [6, 6.07) is 15.1. The highest BCUT2D eigenvalue weighted by Gasteiger charge is 2.53. The fourth-order valence-corrected chi connectivity index (χ4v) is 5.46. The Hall–Kier alpha value is -2.42. The Morgan fingerprint density at radius 3 is 2.30 bits per heavy atom. The van der Waals surface area contributed by atoms with Crippen molar-refractivity contribution in [1.82, 2.24) is 10.4 Å². The van der Waals surface area contributed by atoms with Gasteiger partial charge in [0, 0.05) is 7.05 Å². The highest BCUT2D eigenvalue weighted by molar-refractivity contribution is 7.93. The molecule has 2 aromatic rings. The number of para-hydroxylation sites is 2. The molecule has 0 radical (unpaired) electrons. The molecule has 0 bridgehead atoms. The maximum Gasteiger partial charge on any atom is 0.267 e. The van der Waals surface area contributed by atoms with E-state index in [1.807, 2.05) is 6.07 Å². The Kier molecular flexibility index (Phi) is 5.50. The minimum Gasteiger partial charge on any atom is -0.456 e. The van der Waals surface area contributed by atoms with Crippen molar-refractivity contribution in [3.63, 3.8) is 0 Å². The van der Waals surface area contributed by atoms with Crippen LogP contribution in [0.1, 0.15) is 12.8 Å². The summed E-state index contributed by atoms with van der Waals surface area (Å²) in [5.74, 6) is -0.196. The molecule has 1 fully saturated rings. The molecule has 0 aromatic heterocycles. The molecular weight excluding hydrogens is 368 g/mol. The minimum absolute atomic E-state index is 0.0639. The molecule has 7 nitrogen and oxygen atoms in total. The number of hydroxylamine groups is 2. The summed E-state index contributed by atoms with van der Waals surface area (Å²) >= 11 is 0. The van der Waals surface area contributed by atoms with E-state index in [4.69, 9.17) is 4.74 Å². The van der Waals surface area contributed by atoms with Crippen molar-refractivity contribution in [2.45, 2.75) is 22.5 Å². The van der Waals surface area contributed by atoms with E-state index in [0.717, 1.165) is 7.05 Å². The van der Waals surface area contributed by atoms with Crippen molar-refractivity contribution in [1.29, 1.82) is 0 Å². The molecular formula is C19H22N2O5S. The zero-order valence-electron chi connectivity index (χ0n) is 15.0. The molecule has 0 unspecified atom stereocenters. The van der Waals surface area contributed by atoms with Gasteiger partial charge in [0.2, 0.25) is 0 Å². The summed E-state index contributed by atoms with van der Waals surface area (Å²) in [7, 11) is -2.99. The van der Waals surface area contributed by atoms with Gasteiger partial charge in [-0.05, 0) is 50.2 Å². The van der Waals surface area contributed by atoms with Crippen molar-refractivity contribution in [3.05, 3.63) is 54.6 Å². The highest BCUT2D eigenvalue weighted by Crippen LogP contribution is 2.40. The second-order valence-electron chi connectivity index (χ2n) is 6.44. The van der Waals surface area contributed by atoms with Crippen LogP contribution in [-0.4, -0.2) is 49.5 Å². The van der Waals surface area contributed by atoms with Crippen molar-refractivity contribution in [3.8, 4) is 11.5 Å². The molecule has 1 amide bonds. The molecule has 1 aliphatic rings. The standard InChI is InChI=1S/C19H22N2O5S/c1-21(23)18(22)19(11-13-20-14-12-19)27(24,25)17-10-6-5-9-16(17)26-15-7-3-2-4-8-15/h2-10,20,23H,11-14H2,1H3. The smallest absolute Gasteiger partial charge is 0.267 e. The molecule has 1 aliphatic heterocycles. The van der Waals surface area contributed by atoms with Crippen LogP contribution in [-0.2, 0) is 14.6 Å².